The minimum Gasteiger partial charge on any atom is -0.300 e. The molecule has 0 bridgehead atoms. The Morgan fingerprint density at radius 1 is 0.723 bits per heavy atom. The molecule has 47 heavy (non-hydrogen) atoms. The highest BCUT2D eigenvalue weighted by Crippen LogP contribution is 2.53. The quantitative estimate of drug-likeness (QED) is 0.197. The Kier molecular flexibility index (Phi) is 5.00. The van der Waals surface area contributed by atoms with Gasteiger partial charge in [-0.3, -0.25) is 4.90 Å². The zero-order valence-electron chi connectivity index (χ0n) is 32.5. The molecule has 5 aromatic carbocycles. The lowest BCUT2D eigenvalue weighted by Gasteiger charge is -2.35. The molecule has 0 fully saturated rings. The van der Waals surface area contributed by atoms with Crippen LogP contribution in [0.25, 0.3) is 22.3 Å². The Labute approximate surface area is 290 Å². The highest BCUT2D eigenvalue weighted by molar-refractivity contribution is 7.99. The first-order valence-electron chi connectivity index (χ1n) is 19.1. The molecule has 0 aromatic heterocycles. The number of hydrogen-bond donors (Lipinski definition) is 0. The van der Waals surface area contributed by atoms with Gasteiger partial charge in [0, 0.05) is 29.1 Å². The van der Waals surface area contributed by atoms with Gasteiger partial charge in [-0.1, -0.05) is 117 Å². The van der Waals surface area contributed by atoms with E-state index < -0.39 is 19.1 Å². The van der Waals surface area contributed by atoms with Gasteiger partial charge in [-0.15, -0.1) is 0 Å². The SMILES string of the molecule is [2H]C([2H])([2H])c1cc(-c2cccc3c2Sc2ccccc2C3(C)C([2H])([2H])[2H])c(C)cc1-c1ccc(N2C3=NC4C=CC=CC4N3c3ccccc32)cc1C. The Balaban J connectivity index is 1.16. The lowest BCUT2D eigenvalue weighted by Crippen LogP contribution is -2.39. The third-order valence-electron chi connectivity index (χ3n) is 10.0. The van der Waals surface area contributed by atoms with Crippen molar-refractivity contribution in [3.8, 4) is 22.3 Å². The van der Waals surface area contributed by atoms with E-state index in [0.717, 1.165) is 71.8 Å². The summed E-state index contributed by atoms with van der Waals surface area (Å²) in [5.41, 5.74) is 8.64. The van der Waals surface area contributed by atoms with Gasteiger partial charge in [-0.05, 0) is 101 Å². The first-order chi connectivity index (χ1) is 25.3. The van der Waals surface area contributed by atoms with Gasteiger partial charge in [0.25, 0.3) is 0 Å². The second kappa shape index (κ2) is 10.4. The number of hydrogen-bond acceptors (Lipinski definition) is 4. The smallest absolute Gasteiger partial charge is 0.211 e. The maximum absolute atomic E-state index is 8.73. The van der Waals surface area contributed by atoms with Crippen molar-refractivity contribution in [2.24, 2.45) is 4.99 Å². The summed E-state index contributed by atoms with van der Waals surface area (Å²) in [6.07, 6.45) is 8.48. The van der Waals surface area contributed by atoms with E-state index in [1.807, 2.05) is 74.5 Å². The first-order valence-corrected chi connectivity index (χ1v) is 16.9. The summed E-state index contributed by atoms with van der Waals surface area (Å²) in [7, 11) is 0. The van der Waals surface area contributed by atoms with Crippen LogP contribution in [0.4, 0.5) is 17.1 Å². The van der Waals surface area contributed by atoms with E-state index in [0.29, 0.717) is 5.56 Å². The number of guanidine groups is 1. The fraction of sp³-hybridized carbons (Fsp3) is 0.186. The molecule has 3 heterocycles. The molecule has 9 rings (SSSR count). The minimum atomic E-state index is -2.41. The fourth-order valence-corrected chi connectivity index (χ4v) is 9.13. The van der Waals surface area contributed by atoms with Crippen LogP contribution in [0.2, 0.25) is 0 Å². The zero-order valence-corrected chi connectivity index (χ0v) is 27.3. The van der Waals surface area contributed by atoms with E-state index in [1.165, 1.54) is 0 Å². The van der Waals surface area contributed by atoms with Crippen LogP contribution in [0, 0.1) is 20.7 Å². The summed E-state index contributed by atoms with van der Waals surface area (Å²) >= 11 is 1.55. The molecule has 0 amide bonds. The number of para-hydroxylation sites is 2. The van der Waals surface area contributed by atoms with Crippen LogP contribution in [-0.4, -0.2) is 18.0 Å². The van der Waals surface area contributed by atoms with Crippen LogP contribution in [0.3, 0.4) is 0 Å². The Hall–Kier alpha value is -4.80. The molecule has 1 aliphatic carbocycles. The van der Waals surface area contributed by atoms with Crippen molar-refractivity contribution in [3.05, 3.63) is 149 Å². The topological polar surface area (TPSA) is 18.8 Å². The third kappa shape index (κ3) is 4.17. The van der Waals surface area contributed by atoms with E-state index >= 15 is 0 Å². The number of aryl methyl sites for hydroxylation is 3. The van der Waals surface area contributed by atoms with Crippen LogP contribution in [-0.2, 0) is 5.41 Å². The number of nitrogens with zero attached hydrogens (tertiary/aromatic N) is 3. The lowest BCUT2D eigenvalue weighted by atomic mass is 9.76. The molecule has 3 nitrogen and oxygen atoms in total. The van der Waals surface area contributed by atoms with Gasteiger partial charge < -0.3 is 4.90 Å². The number of allylic oxidation sites excluding steroid dienone is 2. The van der Waals surface area contributed by atoms with Crippen molar-refractivity contribution in [1.82, 2.24) is 0 Å². The number of benzene rings is 5. The molecule has 0 saturated carbocycles. The van der Waals surface area contributed by atoms with Gasteiger partial charge in [0.2, 0.25) is 5.96 Å². The van der Waals surface area contributed by atoms with E-state index in [1.54, 1.807) is 24.8 Å². The summed E-state index contributed by atoms with van der Waals surface area (Å²) in [4.78, 5) is 11.4. The van der Waals surface area contributed by atoms with Gasteiger partial charge in [0.15, 0.2) is 0 Å². The van der Waals surface area contributed by atoms with Gasteiger partial charge in [0.05, 0.1) is 23.5 Å². The number of anilines is 3. The normalized spacial score (nSPS) is 24.0. The highest BCUT2D eigenvalue weighted by atomic mass is 32.2. The Bertz CT molecular complexity index is 2440. The van der Waals surface area contributed by atoms with Crippen LogP contribution in [0.15, 0.2) is 136 Å². The number of rotatable bonds is 3. The predicted octanol–water partition coefficient (Wildman–Crippen LogP) is 10.9. The lowest BCUT2D eigenvalue weighted by molar-refractivity contribution is 0.608. The molecule has 0 radical (unpaired) electrons. The van der Waals surface area contributed by atoms with Crippen molar-refractivity contribution in [3.63, 3.8) is 0 Å². The number of fused-ring (bicyclic) bond motifs is 7. The monoisotopic (exact) mass is 633 g/mol. The molecule has 230 valence electrons. The van der Waals surface area contributed by atoms with Gasteiger partial charge in [-0.25, -0.2) is 4.99 Å². The van der Waals surface area contributed by atoms with Crippen molar-refractivity contribution in [2.75, 3.05) is 9.80 Å². The largest absolute Gasteiger partial charge is 0.300 e. The van der Waals surface area contributed by atoms with Gasteiger partial charge in [-0.2, -0.15) is 0 Å². The molecule has 4 heteroatoms. The molecule has 5 aromatic rings. The second-order valence-corrected chi connectivity index (χ2v) is 14.0. The number of aliphatic imine (C=N–C) groups is 1. The summed E-state index contributed by atoms with van der Waals surface area (Å²) in [6.45, 7) is 1.12. The van der Waals surface area contributed by atoms with Crippen molar-refractivity contribution >= 4 is 34.8 Å². The fourth-order valence-electron chi connectivity index (χ4n) is 7.71. The standard InChI is InChI=1S/C43H37N3S/c1-26-23-29(45-38-18-9-10-19-39(38)46-37-17-8-7-16-36(37)44-42(45)46)21-22-30(26)32-24-28(3)33(25-27(32)2)31-13-12-15-35-41(31)47-40-20-11-6-14-34(40)43(35,4)5/h6-25,36-37H,1-5H3/i2D3,4D3. The van der Waals surface area contributed by atoms with Crippen molar-refractivity contribution in [1.29, 1.82) is 0 Å². The second-order valence-electron chi connectivity index (χ2n) is 13.0. The average Bonchev–Trinajstić information content (AvgIpc) is 3.65. The molecule has 3 aliphatic heterocycles. The van der Waals surface area contributed by atoms with E-state index in [9.17, 15) is 0 Å². The van der Waals surface area contributed by atoms with E-state index in [-0.39, 0.29) is 17.6 Å². The first kappa shape index (κ1) is 22.7. The van der Waals surface area contributed by atoms with E-state index in [2.05, 4.69) is 64.4 Å². The average molecular weight is 634 g/mol. The van der Waals surface area contributed by atoms with Crippen molar-refractivity contribution in [2.45, 2.75) is 61.8 Å². The van der Waals surface area contributed by atoms with E-state index in [4.69, 9.17) is 13.2 Å². The molecule has 0 spiro atoms. The molecule has 4 aliphatic rings. The van der Waals surface area contributed by atoms with Gasteiger partial charge in [0.1, 0.15) is 0 Å². The molecule has 3 atom stereocenters. The molecule has 0 saturated heterocycles. The highest BCUT2D eigenvalue weighted by Gasteiger charge is 2.44. The molecule has 0 N–H and O–H groups in total. The zero-order chi connectivity index (χ0) is 37.0. The summed E-state index contributed by atoms with van der Waals surface area (Å²) in [5.74, 6) is 0.884. The predicted molar refractivity (Wildman–Crippen MR) is 199 cm³/mol. The van der Waals surface area contributed by atoms with Crippen LogP contribution in [0.1, 0.15) is 49.8 Å². The maximum Gasteiger partial charge on any atom is 0.211 e. The Morgan fingerprint density at radius 3 is 2.32 bits per heavy atom. The molecular formula is C43H37N3S. The van der Waals surface area contributed by atoms with Crippen molar-refractivity contribution < 1.29 is 8.22 Å². The minimum absolute atomic E-state index is 0.0418. The maximum atomic E-state index is 8.73. The van der Waals surface area contributed by atoms with Gasteiger partial charge >= 0.3 is 0 Å². The summed E-state index contributed by atoms with van der Waals surface area (Å²) in [6, 6.07) is 32.0. The Morgan fingerprint density at radius 2 is 1.47 bits per heavy atom. The molecular weight excluding hydrogens is 591 g/mol. The summed E-state index contributed by atoms with van der Waals surface area (Å²) in [5, 5.41) is 0. The van der Waals surface area contributed by atoms with Crippen LogP contribution >= 0.6 is 11.8 Å². The third-order valence-corrected chi connectivity index (χ3v) is 11.3. The van der Waals surface area contributed by atoms with Crippen LogP contribution in [0.5, 0.6) is 0 Å². The van der Waals surface area contributed by atoms with Crippen LogP contribution < -0.4 is 9.80 Å². The molecule has 3 unspecified atom stereocenters. The summed E-state index contributed by atoms with van der Waals surface area (Å²) < 4.78 is 52.2.